The van der Waals surface area contributed by atoms with E-state index in [2.05, 4.69) is 10.3 Å². The summed E-state index contributed by atoms with van der Waals surface area (Å²) in [5.41, 5.74) is 6.45. The van der Waals surface area contributed by atoms with Crippen molar-refractivity contribution in [1.82, 2.24) is 10.2 Å². The van der Waals surface area contributed by atoms with Crippen LogP contribution in [-0.2, 0) is 0 Å². The van der Waals surface area contributed by atoms with Crippen LogP contribution < -0.4 is 11.1 Å². The van der Waals surface area contributed by atoms with Gasteiger partial charge in [0.2, 0.25) is 0 Å². The molecule has 0 aliphatic carbocycles. The fourth-order valence-electron chi connectivity index (χ4n) is 2.00. The van der Waals surface area contributed by atoms with Gasteiger partial charge in [-0.1, -0.05) is 0 Å². The average molecular weight is 196 g/mol. The molecule has 3 N–H and O–H groups in total. The number of nitrogens with two attached hydrogens (primary N) is 1. The van der Waals surface area contributed by atoms with Gasteiger partial charge in [0.15, 0.2) is 0 Å². The van der Waals surface area contributed by atoms with Gasteiger partial charge in [-0.15, -0.1) is 0 Å². The van der Waals surface area contributed by atoms with E-state index >= 15 is 0 Å². The molecule has 2 rings (SSSR count). The molecule has 78 valence electrons. The smallest absolute Gasteiger partial charge is 0.330 e. The number of carbonyl (C=O) groups excluding carboxylic acids is 1. The van der Waals surface area contributed by atoms with Crippen molar-refractivity contribution in [2.75, 3.05) is 26.2 Å². The van der Waals surface area contributed by atoms with E-state index in [-0.39, 0.29) is 12.1 Å². The molecule has 1 unspecified atom stereocenters. The molecule has 2 heterocycles. The predicted octanol–water partition coefficient (Wildman–Crippen LogP) is -0.426. The summed E-state index contributed by atoms with van der Waals surface area (Å²) < 4.78 is 0. The van der Waals surface area contributed by atoms with Gasteiger partial charge in [-0.2, -0.15) is 0 Å². The van der Waals surface area contributed by atoms with Crippen LogP contribution in [0.2, 0.25) is 0 Å². The Hall–Kier alpha value is -0.940. The Morgan fingerprint density at radius 2 is 2.50 bits per heavy atom. The summed E-state index contributed by atoms with van der Waals surface area (Å²) in [6.45, 7) is 3.16. The molecule has 0 saturated carbocycles. The van der Waals surface area contributed by atoms with Crippen molar-refractivity contribution in [3.8, 4) is 0 Å². The highest BCUT2D eigenvalue weighted by atomic mass is 16.2. The molecule has 2 aliphatic heterocycles. The summed E-state index contributed by atoms with van der Waals surface area (Å²) in [4.78, 5) is 17.4. The lowest BCUT2D eigenvalue weighted by Crippen LogP contribution is -2.52. The second-order valence-corrected chi connectivity index (χ2v) is 3.69. The van der Waals surface area contributed by atoms with Gasteiger partial charge >= 0.3 is 6.03 Å². The first kappa shape index (κ1) is 9.61. The molecule has 0 aromatic rings. The maximum absolute atomic E-state index is 11.5. The molecule has 14 heavy (non-hydrogen) atoms. The van der Waals surface area contributed by atoms with Crippen LogP contribution in [0, 0.1) is 0 Å². The van der Waals surface area contributed by atoms with E-state index in [0.29, 0.717) is 6.54 Å². The maximum Gasteiger partial charge on any atom is 0.344 e. The molecule has 2 aliphatic rings. The van der Waals surface area contributed by atoms with Crippen molar-refractivity contribution in [3.05, 3.63) is 0 Å². The number of rotatable bonds is 3. The van der Waals surface area contributed by atoms with Gasteiger partial charge in [-0.3, -0.25) is 0 Å². The minimum Gasteiger partial charge on any atom is -0.330 e. The molecule has 0 radical (unpaired) electrons. The minimum absolute atomic E-state index is 0.0662. The third kappa shape index (κ3) is 1.65. The Morgan fingerprint density at radius 1 is 1.64 bits per heavy atom. The number of aliphatic imine (C=N–C) groups is 1. The standard InChI is InChI=1S/C9H16N4O/c10-3-1-2-7-8-6-11-4-5-13(8)9(14)12-7/h8,11H,1-6,10H2. The fourth-order valence-corrected chi connectivity index (χ4v) is 2.00. The quantitative estimate of drug-likeness (QED) is 0.643. The summed E-state index contributed by atoms with van der Waals surface area (Å²) in [7, 11) is 0. The van der Waals surface area contributed by atoms with Gasteiger partial charge in [0.1, 0.15) is 0 Å². The first-order valence-electron chi connectivity index (χ1n) is 5.12. The molecule has 0 bridgehead atoms. The highest BCUT2D eigenvalue weighted by Crippen LogP contribution is 2.17. The molecule has 0 aromatic carbocycles. The molecule has 0 aromatic heterocycles. The summed E-state index contributed by atoms with van der Waals surface area (Å²) >= 11 is 0. The number of nitrogens with one attached hydrogen (secondary N) is 1. The molecular formula is C9H16N4O. The Labute approximate surface area is 83.4 Å². The Balaban J connectivity index is 2.02. The highest BCUT2D eigenvalue weighted by Gasteiger charge is 2.35. The minimum atomic E-state index is -0.0662. The Kier molecular flexibility index (Phi) is 2.79. The van der Waals surface area contributed by atoms with Crippen LogP contribution in [0.5, 0.6) is 0 Å². The van der Waals surface area contributed by atoms with Crippen molar-refractivity contribution in [1.29, 1.82) is 0 Å². The largest absolute Gasteiger partial charge is 0.344 e. The van der Waals surface area contributed by atoms with Crippen molar-refractivity contribution in [2.45, 2.75) is 18.9 Å². The number of carbonyl (C=O) groups is 1. The van der Waals surface area contributed by atoms with Crippen molar-refractivity contribution in [2.24, 2.45) is 10.7 Å². The monoisotopic (exact) mass is 196 g/mol. The summed E-state index contributed by atoms with van der Waals surface area (Å²) in [6.07, 6.45) is 1.77. The third-order valence-corrected chi connectivity index (χ3v) is 2.75. The molecular weight excluding hydrogens is 180 g/mol. The van der Waals surface area contributed by atoms with Crippen molar-refractivity contribution in [3.63, 3.8) is 0 Å². The molecule has 5 heteroatoms. The first-order valence-corrected chi connectivity index (χ1v) is 5.12. The number of piperazine rings is 1. The van der Waals surface area contributed by atoms with Crippen LogP contribution in [-0.4, -0.2) is 48.9 Å². The molecule has 1 fully saturated rings. The van der Waals surface area contributed by atoms with E-state index in [1.807, 2.05) is 4.90 Å². The van der Waals surface area contributed by atoms with Crippen LogP contribution in [0.3, 0.4) is 0 Å². The predicted molar refractivity (Wildman–Crippen MR) is 54.5 cm³/mol. The van der Waals surface area contributed by atoms with Gasteiger partial charge < -0.3 is 16.0 Å². The maximum atomic E-state index is 11.5. The van der Waals surface area contributed by atoms with E-state index in [1.54, 1.807) is 0 Å². The van der Waals surface area contributed by atoms with Crippen LogP contribution >= 0.6 is 0 Å². The van der Waals surface area contributed by atoms with Gasteiger partial charge in [0.25, 0.3) is 0 Å². The molecule has 1 saturated heterocycles. The lowest BCUT2D eigenvalue weighted by Gasteiger charge is -2.30. The lowest BCUT2D eigenvalue weighted by molar-refractivity contribution is 0.195. The van der Waals surface area contributed by atoms with E-state index in [0.717, 1.165) is 38.2 Å². The average Bonchev–Trinajstić information content (AvgIpc) is 2.54. The summed E-state index contributed by atoms with van der Waals surface area (Å²) in [6, 6.07) is 0.131. The number of hydrogen-bond acceptors (Lipinski definition) is 3. The number of nitrogens with zero attached hydrogens (tertiary/aromatic N) is 2. The number of urea groups is 1. The number of amides is 2. The van der Waals surface area contributed by atoms with E-state index in [9.17, 15) is 4.79 Å². The first-order chi connectivity index (χ1) is 6.83. The van der Waals surface area contributed by atoms with E-state index in [1.165, 1.54) is 0 Å². The number of hydrogen-bond donors (Lipinski definition) is 2. The second-order valence-electron chi connectivity index (χ2n) is 3.69. The Bertz CT molecular complexity index is 264. The highest BCUT2D eigenvalue weighted by molar-refractivity contribution is 6.05. The molecule has 0 spiro atoms. The zero-order valence-electron chi connectivity index (χ0n) is 8.20. The number of fused-ring (bicyclic) bond motifs is 1. The SMILES string of the molecule is NCCCC1=NC(=O)N2CCNCC12. The van der Waals surface area contributed by atoms with E-state index < -0.39 is 0 Å². The van der Waals surface area contributed by atoms with Crippen LogP contribution in [0.15, 0.2) is 4.99 Å². The van der Waals surface area contributed by atoms with Crippen LogP contribution in [0.1, 0.15) is 12.8 Å². The molecule has 5 nitrogen and oxygen atoms in total. The zero-order valence-corrected chi connectivity index (χ0v) is 8.20. The molecule has 2 amide bonds. The summed E-state index contributed by atoms with van der Waals surface area (Å²) in [5, 5.41) is 3.28. The van der Waals surface area contributed by atoms with Crippen LogP contribution in [0.25, 0.3) is 0 Å². The second kappa shape index (κ2) is 4.06. The Morgan fingerprint density at radius 3 is 3.29 bits per heavy atom. The van der Waals surface area contributed by atoms with Gasteiger partial charge in [0, 0.05) is 25.3 Å². The lowest BCUT2D eigenvalue weighted by atomic mass is 10.1. The van der Waals surface area contributed by atoms with E-state index in [4.69, 9.17) is 5.73 Å². The van der Waals surface area contributed by atoms with Gasteiger partial charge in [0.05, 0.1) is 6.04 Å². The van der Waals surface area contributed by atoms with Crippen molar-refractivity contribution < 1.29 is 4.79 Å². The van der Waals surface area contributed by atoms with Crippen LogP contribution in [0.4, 0.5) is 4.79 Å². The van der Waals surface area contributed by atoms with Gasteiger partial charge in [-0.25, -0.2) is 9.79 Å². The topological polar surface area (TPSA) is 70.7 Å². The van der Waals surface area contributed by atoms with Crippen molar-refractivity contribution >= 4 is 11.7 Å². The summed E-state index contributed by atoms with van der Waals surface area (Å²) in [5.74, 6) is 0. The fraction of sp³-hybridized carbons (Fsp3) is 0.778. The third-order valence-electron chi connectivity index (χ3n) is 2.75. The molecule has 1 atom stereocenters. The van der Waals surface area contributed by atoms with Gasteiger partial charge in [-0.05, 0) is 19.4 Å². The normalized spacial score (nSPS) is 26.4. The zero-order chi connectivity index (χ0) is 9.97.